The largest absolute Gasteiger partial charge is 0.389 e. The summed E-state index contributed by atoms with van der Waals surface area (Å²) in [6.45, 7) is 2.63. The minimum absolute atomic E-state index is 0.217. The Morgan fingerprint density at radius 1 is 1.35 bits per heavy atom. The number of thiocarbonyl (C=S) groups is 1. The molecular weight excluding hydrogens is 273 g/mol. The van der Waals surface area contributed by atoms with Crippen molar-refractivity contribution < 1.29 is 9.13 Å². The molecule has 0 saturated heterocycles. The van der Waals surface area contributed by atoms with E-state index < -0.39 is 0 Å². The molecule has 1 aromatic carbocycles. The maximum atomic E-state index is 13.5. The quantitative estimate of drug-likeness (QED) is 0.836. The molecule has 2 atom stereocenters. The summed E-state index contributed by atoms with van der Waals surface area (Å²) in [5.41, 5.74) is 6.92. The molecule has 0 spiro atoms. The minimum Gasteiger partial charge on any atom is -0.389 e. The zero-order chi connectivity index (χ0) is 14.5. The fourth-order valence-corrected chi connectivity index (χ4v) is 3.06. The first-order chi connectivity index (χ1) is 9.60. The van der Waals surface area contributed by atoms with Gasteiger partial charge in [0.2, 0.25) is 0 Å². The summed E-state index contributed by atoms with van der Waals surface area (Å²) in [6, 6.07) is 4.67. The van der Waals surface area contributed by atoms with E-state index in [-0.39, 0.29) is 10.8 Å². The lowest BCUT2D eigenvalue weighted by Crippen LogP contribution is -2.27. The first-order valence-corrected chi connectivity index (χ1v) is 7.72. The van der Waals surface area contributed by atoms with Crippen molar-refractivity contribution in [2.75, 3.05) is 0 Å². The van der Waals surface area contributed by atoms with Gasteiger partial charge < -0.3 is 10.5 Å². The van der Waals surface area contributed by atoms with Crippen LogP contribution < -0.4 is 5.73 Å². The van der Waals surface area contributed by atoms with Crippen molar-refractivity contribution in [1.29, 1.82) is 0 Å². The van der Waals surface area contributed by atoms with E-state index in [1.54, 1.807) is 0 Å². The fraction of sp³-hybridized carbons (Fsp3) is 0.562. The van der Waals surface area contributed by atoms with Crippen LogP contribution in [0, 0.1) is 11.7 Å². The minimum atomic E-state index is -0.315. The van der Waals surface area contributed by atoms with E-state index >= 15 is 0 Å². The molecule has 1 fully saturated rings. The summed E-state index contributed by atoms with van der Waals surface area (Å²) >= 11 is 4.90. The number of nitrogens with two attached hydrogens (primary N) is 1. The van der Waals surface area contributed by atoms with Gasteiger partial charge in [-0.2, -0.15) is 0 Å². The van der Waals surface area contributed by atoms with Gasteiger partial charge in [0.1, 0.15) is 10.8 Å². The van der Waals surface area contributed by atoms with Gasteiger partial charge in [-0.05, 0) is 42.5 Å². The molecule has 2 unspecified atom stereocenters. The van der Waals surface area contributed by atoms with Crippen LogP contribution in [-0.4, -0.2) is 11.1 Å². The van der Waals surface area contributed by atoms with Gasteiger partial charge in [-0.1, -0.05) is 38.4 Å². The lowest BCUT2D eigenvalue weighted by molar-refractivity contribution is -0.0222. The number of benzene rings is 1. The summed E-state index contributed by atoms with van der Waals surface area (Å²) in [5.74, 6) is 0.317. The molecule has 110 valence electrons. The molecule has 2 rings (SSSR count). The van der Waals surface area contributed by atoms with Crippen LogP contribution in [0.5, 0.6) is 0 Å². The van der Waals surface area contributed by atoms with Gasteiger partial charge in [-0.15, -0.1) is 0 Å². The highest BCUT2D eigenvalue weighted by Gasteiger charge is 2.24. The summed E-state index contributed by atoms with van der Waals surface area (Å²) in [5, 5.41) is 0. The van der Waals surface area contributed by atoms with E-state index in [1.165, 1.54) is 31.4 Å². The Kier molecular flexibility index (Phi) is 5.49. The second-order valence-corrected chi connectivity index (χ2v) is 5.95. The normalized spacial score (nSPS) is 22.7. The van der Waals surface area contributed by atoms with Crippen molar-refractivity contribution in [3.63, 3.8) is 0 Å². The Hall–Kier alpha value is -1.00. The van der Waals surface area contributed by atoms with Crippen molar-refractivity contribution in [3.05, 3.63) is 35.1 Å². The van der Waals surface area contributed by atoms with Gasteiger partial charge >= 0.3 is 0 Å². The molecule has 2 nitrogen and oxygen atoms in total. The van der Waals surface area contributed by atoms with E-state index in [2.05, 4.69) is 6.92 Å². The molecule has 0 aromatic heterocycles. The topological polar surface area (TPSA) is 35.2 Å². The zero-order valence-corrected chi connectivity index (χ0v) is 12.7. The van der Waals surface area contributed by atoms with Gasteiger partial charge in [0.25, 0.3) is 0 Å². The molecule has 1 aromatic rings. The lowest BCUT2D eigenvalue weighted by Gasteiger charge is -2.30. The van der Waals surface area contributed by atoms with Crippen LogP contribution in [0.25, 0.3) is 0 Å². The number of rotatable bonds is 5. The predicted molar refractivity (Wildman–Crippen MR) is 83.1 cm³/mol. The summed E-state index contributed by atoms with van der Waals surface area (Å²) < 4.78 is 19.5. The maximum absolute atomic E-state index is 13.5. The molecule has 0 radical (unpaired) electrons. The molecule has 0 aliphatic heterocycles. The van der Waals surface area contributed by atoms with Crippen LogP contribution in [-0.2, 0) is 11.3 Å². The highest BCUT2D eigenvalue weighted by molar-refractivity contribution is 7.80. The predicted octanol–water partition coefficient (Wildman–Crippen LogP) is 3.95. The Labute approximate surface area is 125 Å². The Balaban J connectivity index is 2.01. The molecular formula is C16H22FNOS. The van der Waals surface area contributed by atoms with Crippen molar-refractivity contribution in [2.45, 2.75) is 51.7 Å². The summed E-state index contributed by atoms with van der Waals surface area (Å²) in [6.07, 6.45) is 6.31. The Morgan fingerprint density at radius 2 is 2.10 bits per heavy atom. The van der Waals surface area contributed by atoms with Gasteiger partial charge in [-0.25, -0.2) is 4.39 Å². The SMILES string of the molecule is CCC1CCCCC1OCc1cc(F)cc(C(N)=S)c1. The maximum Gasteiger partial charge on any atom is 0.124 e. The Bertz CT molecular complexity index is 478. The van der Waals surface area contributed by atoms with Crippen molar-refractivity contribution >= 4 is 17.2 Å². The van der Waals surface area contributed by atoms with Crippen LogP contribution in [0.15, 0.2) is 18.2 Å². The fourth-order valence-electron chi connectivity index (χ4n) is 2.94. The molecule has 20 heavy (non-hydrogen) atoms. The average Bonchev–Trinajstić information content (AvgIpc) is 2.44. The zero-order valence-electron chi connectivity index (χ0n) is 11.9. The summed E-state index contributed by atoms with van der Waals surface area (Å²) in [4.78, 5) is 0.217. The van der Waals surface area contributed by atoms with E-state index in [0.29, 0.717) is 24.2 Å². The number of ether oxygens (including phenoxy) is 1. The van der Waals surface area contributed by atoms with Gasteiger partial charge in [0.15, 0.2) is 0 Å². The second kappa shape index (κ2) is 7.14. The van der Waals surface area contributed by atoms with E-state index in [1.807, 2.05) is 6.07 Å². The third-order valence-corrected chi connectivity index (χ3v) is 4.31. The van der Waals surface area contributed by atoms with Crippen LogP contribution in [0.3, 0.4) is 0 Å². The first-order valence-electron chi connectivity index (χ1n) is 7.31. The van der Waals surface area contributed by atoms with Crippen LogP contribution in [0.1, 0.15) is 50.2 Å². The number of hydrogen-bond donors (Lipinski definition) is 1. The number of halogens is 1. The molecule has 0 heterocycles. The first kappa shape index (κ1) is 15.4. The molecule has 0 bridgehead atoms. The van der Waals surface area contributed by atoms with E-state index in [9.17, 15) is 4.39 Å². The van der Waals surface area contributed by atoms with Crippen LogP contribution >= 0.6 is 12.2 Å². The third-order valence-electron chi connectivity index (χ3n) is 4.07. The third kappa shape index (κ3) is 4.00. The number of hydrogen-bond acceptors (Lipinski definition) is 2. The molecule has 0 amide bonds. The average molecular weight is 295 g/mol. The van der Waals surface area contributed by atoms with Crippen molar-refractivity contribution in [3.8, 4) is 0 Å². The molecule has 2 N–H and O–H groups in total. The van der Waals surface area contributed by atoms with Gasteiger partial charge in [0.05, 0.1) is 12.7 Å². The van der Waals surface area contributed by atoms with Crippen LogP contribution in [0.4, 0.5) is 4.39 Å². The smallest absolute Gasteiger partial charge is 0.124 e. The highest BCUT2D eigenvalue weighted by Crippen LogP contribution is 2.29. The standard InChI is InChI=1S/C16H22FNOS/c1-2-12-5-3-4-6-15(12)19-10-11-7-13(16(18)20)9-14(17)8-11/h7-9,12,15H,2-6,10H2,1H3,(H2,18,20). The lowest BCUT2D eigenvalue weighted by atomic mass is 9.85. The molecule has 4 heteroatoms. The van der Waals surface area contributed by atoms with Crippen LogP contribution in [0.2, 0.25) is 0 Å². The summed E-state index contributed by atoms with van der Waals surface area (Å²) in [7, 11) is 0. The highest BCUT2D eigenvalue weighted by atomic mass is 32.1. The van der Waals surface area contributed by atoms with E-state index in [4.69, 9.17) is 22.7 Å². The van der Waals surface area contributed by atoms with Gasteiger partial charge in [-0.3, -0.25) is 0 Å². The molecule has 1 aliphatic rings. The van der Waals surface area contributed by atoms with Crippen molar-refractivity contribution in [1.82, 2.24) is 0 Å². The Morgan fingerprint density at radius 3 is 2.80 bits per heavy atom. The molecule has 1 aliphatic carbocycles. The second-order valence-electron chi connectivity index (χ2n) is 5.51. The van der Waals surface area contributed by atoms with Gasteiger partial charge in [0, 0.05) is 5.56 Å². The monoisotopic (exact) mass is 295 g/mol. The van der Waals surface area contributed by atoms with E-state index in [0.717, 1.165) is 18.4 Å². The van der Waals surface area contributed by atoms with Crippen molar-refractivity contribution in [2.24, 2.45) is 11.7 Å². The molecule has 1 saturated carbocycles.